The number of hydrogen-bond donors (Lipinski definition) is 1. The maximum atomic E-state index is 13.5. The van der Waals surface area contributed by atoms with Gasteiger partial charge >= 0.3 is 0 Å². The zero-order chi connectivity index (χ0) is 15.2. The number of benzene rings is 2. The Balaban J connectivity index is 1.91. The van der Waals surface area contributed by atoms with E-state index < -0.39 is 0 Å². The number of phenols is 1. The maximum absolute atomic E-state index is 13.5. The average molecular weight is 289 g/mol. The molecule has 0 fully saturated rings. The molecule has 2 aromatic rings. The molecule has 0 spiro atoms. The largest absolute Gasteiger partial charge is 0.504 e. The van der Waals surface area contributed by atoms with Crippen molar-refractivity contribution in [2.45, 2.75) is 6.54 Å². The molecule has 0 saturated carbocycles. The lowest BCUT2D eigenvalue weighted by Gasteiger charge is -2.18. The minimum Gasteiger partial charge on any atom is -0.504 e. The summed E-state index contributed by atoms with van der Waals surface area (Å²) < 4.78 is 18.8. The molecular weight excluding hydrogens is 273 g/mol. The fourth-order valence-electron chi connectivity index (χ4n) is 1.80. The standard InChI is InChI=1S/C16H16FNO3/c1-18(10-12-6-2-3-7-13(12)17)16(20)11-21-15-9-5-4-8-14(15)19/h2-9,19H,10-11H2,1H3. The third-order valence-electron chi connectivity index (χ3n) is 3.01. The van der Waals surface area contributed by atoms with Gasteiger partial charge < -0.3 is 14.7 Å². The number of phenolic OH excluding ortho intramolecular Hbond substituents is 1. The third-order valence-corrected chi connectivity index (χ3v) is 3.01. The Hall–Kier alpha value is -2.56. The second-order valence-corrected chi connectivity index (χ2v) is 4.60. The summed E-state index contributed by atoms with van der Waals surface area (Å²) in [6, 6.07) is 12.7. The van der Waals surface area contributed by atoms with Crippen molar-refractivity contribution in [3.05, 3.63) is 59.9 Å². The van der Waals surface area contributed by atoms with Crippen LogP contribution in [0.3, 0.4) is 0 Å². The van der Waals surface area contributed by atoms with Gasteiger partial charge in [0.1, 0.15) is 5.82 Å². The van der Waals surface area contributed by atoms with Gasteiger partial charge in [-0.3, -0.25) is 4.79 Å². The van der Waals surface area contributed by atoms with Gasteiger partial charge in [-0.05, 0) is 18.2 Å². The lowest BCUT2D eigenvalue weighted by Crippen LogP contribution is -2.31. The van der Waals surface area contributed by atoms with Crippen molar-refractivity contribution in [3.63, 3.8) is 0 Å². The summed E-state index contributed by atoms with van der Waals surface area (Å²) in [5.41, 5.74) is 0.441. The van der Waals surface area contributed by atoms with Crippen molar-refractivity contribution in [2.75, 3.05) is 13.7 Å². The molecule has 5 heteroatoms. The molecule has 0 saturated heterocycles. The first kappa shape index (κ1) is 14.8. The molecular formula is C16H16FNO3. The van der Waals surface area contributed by atoms with E-state index in [9.17, 15) is 14.3 Å². The zero-order valence-electron chi connectivity index (χ0n) is 11.6. The fraction of sp³-hybridized carbons (Fsp3) is 0.188. The number of aromatic hydroxyl groups is 1. The lowest BCUT2D eigenvalue weighted by molar-refractivity contribution is -0.132. The minimum atomic E-state index is -0.348. The van der Waals surface area contributed by atoms with E-state index in [0.29, 0.717) is 5.56 Å². The molecule has 0 aliphatic carbocycles. The number of amides is 1. The minimum absolute atomic E-state index is 0.0259. The van der Waals surface area contributed by atoms with Gasteiger partial charge in [0.05, 0.1) is 0 Å². The lowest BCUT2D eigenvalue weighted by atomic mass is 10.2. The summed E-state index contributed by atoms with van der Waals surface area (Å²) in [6.45, 7) is -0.0574. The van der Waals surface area contributed by atoms with Crippen LogP contribution in [-0.2, 0) is 11.3 Å². The Labute approximate surface area is 122 Å². The Morgan fingerprint density at radius 1 is 1.19 bits per heavy atom. The van der Waals surface area contributed by atoms with E-state index in [1.165, 1.54) is 17.0 Å². The smallest absolute Gasteiger partial charge is 0.260 e. The summed E-state index contributed by atoms with van der Waals surface area (Å²) in [6.07, 6.45) is 0. The molecule has 0 aromatic heterocycles. The van der Waals surface area contributed by atoms with Crippen molar-refractivity contribution in [1.82, 2.24) is 4.90 Å². The SMILES string of the molecule is CN(Cc1ccccc1F)C(=O)COc1ccccc1O. The van der Waals surface area contributed by atoms with E-state index in [4.69, 9.17) is 4.74 Å². The molecule has 0 unspecified atom stereocenters. The fourth-order valence-corrected chi connectivity index (χ4v) is 1.80. The second-order valence-electron chi connectivity index (χ2n) is 4.60. The van der Waals surface area contributed by atoms with Crippen LogP contribution in [0.25, 0.3) is 0 Å². The van der Waals surface area contributed by atoms with Crippen LogP contribution < -0.4 is 4.74 Å². The van der Waals surface area contributed by atoms with Crippen LogP contribution in [0, 0.1) is 5.82 Å². The van der Waals surface area contributed by atoms with E-state index in [1.54, 1.807) is 43.4 Å². The van der Waals surface area contributed by atoms with Crippen LogP contribution in [0.1, 0.15) is 5.56 Å². The number of likely N-dealkylation sites (N-methyl/N-ethyl adjacent to an activating group) is 1. The summed E-state index contributed by atoms with van der Waals surface area (Å²) in [4.78, 5) is 13.3. The molecule has 0 heterocycles. The number of nitrogens with zero attached hydrogens (tertiary/aromatic N) is 1. The number of rotatable bonds is 5. The number of carbonyl (C=O) groups is 1. The Bertz CT molecular complexity index is 630. The van der Waals surface area contributed by atoms with Gasteiger partial charge in [0, 0.05) is 19.2 Å². The van der Waals surface area contributed by atoms with E-state index in [-0.39, 0.29) is 36.4 Å². The number of hydrogen-bond acceptors (Lipinski definition) is 3. The van der Waals surface area contributed by atoms with Crippen LogP contribution in [0.4, 0.5) is 4.39 Å². The van der Waals surface area contributed by atoms with Gasteiger partial charge in [-0.15, -0.1) is 0 Å². The Morgan fingerprint density at radius 2 is 1.86 bits per heavy atom. The van der Waals surface area contributed by atoms with Crippen molar-refractivity contribution >= 4 is 5.91 Å². The highest BCUT2D eigenvalue weighted by Crippen LogP contribution is 2.24. The first-order valence-corrected chi connectivity index (χ1v) is 6.46. The van der Waals surface area contributed by atoms with Crippen LogP contribution in [0.5, 0.6) is 11.5 Å². The number of para-hydroxylation sites is 2. The molecule has 0 aliphatic heterocycles. The molecule has 0 atom stereocenters. The maximum Gasteiger partial charge on any atom is 0.260 e. The van der Waals surface area contributed by atoms with E-state index in [1.807, 2.05) is 0 Å². The monoisotopic (exact) mass is 289 g/mol. The van der Waals surface area contributed by atoms with Crippen molar-refractivity contribution in [3.8, 4) is 11.5 Å². The van der Waals surface area contributed by atoms with Crippen molar-refractivity contribution < 1.29 is 19.0 Å². The van der Waals surface area contributed by atoms with E-state index >= 15 is 0 Å². The quantitative estimate of drug-likeness (QED) is 0.920. The normalized spacial score (nSPS) is 10.2. The molecule has 2 rings (SSSR count). The molecule has 2 aromatic carbocycles. The molecule has 21 heavy (non-hydrogen) atoms. The Kier molecular flexibility index (Phi) is 4.77. The van der Waals surface area contributed by atoms with Gasteiger partial charge in [0.15, 0.2) is 18.1 Å². The summed E-state index contributed by atoms with van der Waals surface area (Å²) in [5, 5.41) is 9.53. The van der Waals surface area contributed by atoms with Crippen LogP contribution in [-0.4, -0.2) is 29.6 Å². The number of ether oxygens (including phenoxy) is 1. The van der Waals surface area contributed by atoms with Gasteiger partial charge in [-0.1, -0.05) is 30.3 Å². The molecule has 1 amide bonds. The zero-order valence-corrected chi connectivity index (χ0v) is 11.6. The van der Waals surface area contributed by atoms with Crippen molar-refractivity contribution in [1.29, 1.82) is 0 Å². The third kappa shape index (κ3) is 3.95. The first-order chi connectivity index (χ1) is 10.1. The predicted molar refractivity (Wildman–Crippen MR) is 76.5 cm³/mol. The molecule has 0 bridgehead atoms. The summed E-state index contributed by atoms with van der Waals surface area (Å²) in [7, 11) is 1.57. The first-order valence-electron chi connectivity index (χ1n) is 6.46. The van der Waals surface area contributed by atoms with Gasteiger partial charge in [0.2, 0.25) is 0 Å². The molecule has 0 aliphatic rings. The molecule has 110 valence electrons. The highest BCUT2D eigenvalue weighted by Gasteiger charge is 2.13. The predicted octanol–water partition coefficient (Wildman–Crippen LogP) is 2.57. The van der Waals surface area contributed by atoms with Gasteiger partial charge in [-0.25, -0.2) is 4.39 Å². The molecule has 1 N–H and O–H groups in total. The number of carbonyl (C=O) groups excluding carboxylic acids is 1. The van der Waals surface area contributed by atoms with Crippen LogP contribution in [0.2, 0.25) is 0 Å². The highest BCUT2D eigenvalue weighted by atomic mass is 19.1. The Morgan fingerprint density at radius 3 is 2.57 bits per heavy atom. The van der Waals surface area contributed by atoms with E-state index in [2.05, 4.69) is 0 Å². The second kappa shape index (κ2) is 6.74. The van der Waals surface area contributed by atoms with Gasteiger partial charge in [0.25, 0.3) is 5.91 Å². The highest BCUT2D eigenvalue weighted by molar-refractivity contribution is 5.77. The molecule has 0 radical (unpaired) electrons. The van der Waals surface area contributed by atoms with Gasteiger partial charge in [-0.2, -0.15) is 0 Å². The topological polar surface area (TPSA) is 49.8 Å². The number of halogens is 1. The summed E-state index contributed by atoms with van der Waals surface area (Å²) >= 11 is 0. The van der Waals surface area contributed by atoms with Crippen molar-refractivity contribution in [2.24, 2.45) is 0 Å². The average Bonchev–Trinajstić information content (AvgIpc) is 2.48. The molecule has 4 nitrogen and oxygen atoms in total. The van der Waals surface area contributed by atoms with E-state index in [0.717, 1.165) is 0 Å². The summed E-state index contributed by atoms with van der Waals surface area (Å²) in [5.74, 6) is -0.438. The van der Waals surface area contributed by atoms with Crippen LogP contribution >= 0.6 is 0 Å². The van der Waals surface area contributed by atoms with Crippen LogP contribution in [0.15, 0.2) is 48.5 Å².